The second-order valence-corrected chi connectivity index (χ2v) is 4.84. The van der Waals surface area contributed by atoms with E-state index in [1.165, 1.54) is 18.1 Å². The highest BCUT2D eigenvalue weighted by molar-refractivity contribution is 5.83. The number of methoxy groups -OCH3 is 1. The molecule has 102 valence electrons. The average Bonchev–Trinajstić information content (AvgIpc) is 2.86. The van der Waals surface area contributed by atoms with Crippen LogP contribution in [0.25, 0.3) is 10.9 Å². The Morgan fingerprint density at radius 1 is 1.42 bits per heavy atom. The summed E-state index contributed by atoms with van der Waals surface area (Å²) < 4.78 is 4.55. The number of ether oxygens (including phenoxy) is 1. The molecule has 4 heteroatoms. The Labute approximate surface area is 112 Å². The Hall–Kier alpha value is -1.81. The lowest BCUT2D eigenvalue weighted by molar-refractivity contribution is -0.153. The third-order valence-electron chi connectivity index (χ3n) is 3.53. The van der Waals surface area contributed by atoms with Crippen LogP contribution >= 0.6 is 0 Å². The second-order valence-electron chi connectivity index (χ2n) is 4.84. The van der Waals surface area contributed by atoms with Gasteiger partial charge in [-0.2, -0.15) is 0 Å². The van der Waals surface area contributed by atoms with Gasteiger partial charge in [0.15, 0.2) is 6.10 Å². The molecule has 0 radical (unpaired) electrons. The molecule has 0 amide bonds. The highest BCUT2D eigenvalue weighted by Crippen LogP contribution is 2.21. The molecule has 2 aromatic rings. The van der Waals surface area contributed by atoms with Crippen molar-refractivity contribution < 1.29 is 14.6 Å². The molecule has 1 aromatic heterocycles. The number of carbonyl (C=O) groups is 1. The largest absolute Gasteiger partial charge is 0.467 e. The summed E-state index contributed by atoms with van der Waals surface area (Å²) in [5.41, 5.74) is 2.32. The summed E-state index contributed by atoms with van der Waals surface area (Å²) in [5.74, 6) is -0.687. The number of aliphatic hydroxyl groups excluding tert-OH is 1. The summed E-state index contributed by atoms with van der Waals surface area (Å²) >= 11 is 0. The first-order valence-electron chi connectivity index (χ1n) is 6.44. The molecule has 0 spiro atoms. The molecule has 4 nitrogen and oxygen atoms in total. The van der Waals surface area contributed by atoms with E-state index in [-0.39, 0.29) is 5.92 Å². The van der Waals surface area contributed by atoms with Crippen molar-refractivity contribution in [3.63, 3.8) is 0 Å². The zero-order valence-corrected chi connectivity index (χ0v) is 11.2. The molecule has 2 atom stereocenters. The second kappa shape index (κ2) is 5.89. The Morgan fingerprint density at radius 2 is 2.16 bits per heavy atom. The number of esters is 1. The van der Waals surface area contributed by atoms with Crippen LogP contribution in [0.2, 0.25) is 0 Å². The van der Waals surface area contributed by atoms with Gasteiger partial charge in [0.2, 0.25) is 0 Å². The van der Waals surface area contributed by atoms with E-state index in [0.717, 1.165) is 18.4 Å². The topological polar surface area (TPSA) is 62.3 Å². The number of hydrogen-bond donors (Lipinski definition) is 2. The number of aromatic amines is 1. The molecule has 2 rings (SSSR count). The third kappa shape index (κ3) is 2.96. The van der Waals surface area contributed by atoms with Gasteiger partial charge in [-0.3, -0.25) is 0 Å². The lowest BCUT2D eigenvalue weighted by Crippen LogP contribution is -2.29. The SMILES string of the molecule is COC(=O)[C@H](O)C(C)CCc1c[nH]c2ccccc12. The minimum Gasteiger partial charge on any atom is -0.467 e. The van der Waals surface area contributed by atoms with Gasteiger partial charge in [-0.1, -0.05) is 25.1 Å². The molecule has 0 aliphatic rings. The van der Waals surface area contributed by atoms with E-state index in [1.807, 2.05) is 31.3 Å². The molecule has 0 saturated heterocycles. The molecule has 1 aromatic carbocycles. The Kier molecular flexibility index (Phi) is 4.22. The Bertz CT molecular complexity index is 561. The molecule has 2 N–H and O–H groups in total. The molecule has 19 heavy (non-hydrogen) atoms. The number of aromatic nitrogens is 1. The van der Waals surface area contributed by atoms with Gasteiger partial charge in [-0.05, 0) is 30.4 Å². The molecule has 0 aliphatic heterocycles. The third-order valence-corrected chi connectivity index (χ3v) is 3.53. The first-order chi connectivity index (χ1) is 9.13. The maximum Gasteiger partial charge on any atom is 0.334 e. The first kappa shape index (κ1) is 13.6. The summed E-state index contributed by atoms with van der Waals surface area (Å²) in [7, 11) is 1.29. The van der Waals surface area contributed by atoms with Crippen molar-refractivity contribution in [2.45, 2.75) is 25.9 Å². The van der Waals surface area contributed by atoms with E-state index < -0.39 is 12.1 Å². The number of fused-ring (bicyclic) bond motifs is 1. The van der Waals surface area contributed by atoms with Crippen molar-refractivity contribution in [1.29, 1.82) is 0 Å². The predicted molar refractivity (Wildman–Crippen MR) is 73.8 cm³/mol. The fourth-order valence-electron chi connectivity index (χ4n) is 2.23. The molecule has 0 saturated carbocycles. The lowest BCUT2D eigenvalue weighted by atomic mass is 9.96. The quantitative estimate of drug-likeness (QED) is 0.812. The summed E-state index contributed by atoms with van der Waals surface area (Å²) in [4.78, 5) is 14.5. The van der Waals surface area contributed by atoms with E-state index >= 15 is 0 Å². The fourth-order valence-corrected chi connectivity index (χ4v) is 2.23. The van der Waals surface area contributed by atoms with Crippen molar-refractivity contribution in [2.75, 3.05) is 7.11 Å². The van der Waals surface area contributed by atoms with Gasteiger partial charge in [0.1, 0.15) is 0 Å². The molecular weight excluding hydrogens is 242 g/mol. The van der Waals surface area contributed by atoms with E-state index in [9.17, 15) is 9.90 Å². The van der Waals surface area contributed by atoms with Crippen LogP contribution in [-0.2, 0) is 16.0 Å². The number of H-pyrrole nitrogens is 1. The van der Waals surface area contributed by atoms with Crippen molar-refractivity contribution in [1.82, 2.24) is 4.98 Å². The number of carbonyl (C=O) groups excluding carboxylic acids is 1. The van der Waals surface area contributed by atoms with Gasteiger partial charge < -0.3 is 14.8 Å². The van der Waals surface area contributed by atoms with E-state index in [2.05, 4.69) is 15.8 Å². The monoisotopic (exact) mass is 261 g/mol. The van der Waals surface area contributed by atoms with Gasteiger partial charge in [0.05, 0.1) is 7.11 Å². The van der Waals surface area contributed by atoms with Gasteiger partial charge in [-0.25, -0.2) is 4.79 Å². The first-order valence-corrected chi connectivity index (χ1v) is 6.44. The highest BCUT2D eigenvalue weighted by Gasteiger charge is 2.22. The standard InChI is InChI=1S/C15H19NO3/c1-10(14(17)15(18)19-2)7-8-11-9-16-13-6-4-3-5-12(11)13/h3-6,9-10,14,16-17H,7-8H2,1-2H3/t10?,14-/m1/s1. The zero-order valence-electron chi connectivity index (χ0n) is 11.2. The lowest BCUT2D eigenvalue weighted by Gasteiger charge is -2.16. The van der Waals surface area contributed by atoms with Crippen molar-refractivity contribution >= 4 is 16.9 Å². The Balaban J connectivity index is 2.01. The normalized spacial score (nSPS) is 14.3. The number of para-hydroxylation sites is 1. The van der Waals surface area contributed by atoms with Crippen LogP contribution in [0.1, 0.15) is 18.9 Å². The van der Waals surface area contributed by atoms with Crippen LogP contribution in [0.3, 0.4) is 0 Å². The van der Waals surface area contributed by atoms with Gasteiger partial charge >= 0.3 is 5.97 Å². The zero-order chi connectivity index (χ0) is 13.8. The smallest absolute Gasteiger partial charge is 0.334 e. The number of hydrogen-bond acceptors (Lipinski definition) is 3. The molecule has 0 aliphatic carbocycles. The Morgan fingerprint density at radius 3 is 2.89 bits per heavy atom. The minimum absolute atomic E-state index is 0.124. The highest BCUT2D eigenvalue weighted by atomic mass is 16.5. The van der Waals surface area contributed by atoms with E-state index in [1.54, 1.807) is 0 Å². The molecule has 1 unspecified atom stereocenters. The van der Waals surface area contributed by atoms with Crippen molar-refractivity contribution in [3.05, 3.63) is 36.0 Å². The molecule has 0 bridgehead atoms. The summed E-state index contributed by atoms with van der Waals surface area (Å²) in [5, 5.41) is 10.9. The average molecular weight is 261 g/mol. The number of nitrogens with one attached hydrogen (secondary N) is 1. The van der Waals surface area contributed by atoms with Gasteiger partial charge in [0, 0.05) is 17.1 Å². The van der Waals surface area contributed by atoms with Crippen LogP contribution in [0, 0.1) is 5.92 Å². The van der Waals surface area contributed by atoms with E-state index in [0.29, 0.717) is 0 Å². The van der Waals surface area contributed by atoms with Crippen molar-refractivity contribution in [2.24, 2.45) is 5.92 Å². The number of aryl methyl sites for hydroxylation is 1. The van der Waals surface area contributed by atoms with E-state index in [4.69, 9.17) is 0 Å². The van der Waals surface area contributed by atoms with Gasteiger partial charge in [0.25, 0.3) is 0 Å². The molecule has 1 heterocycles. The van der Waals surface area contributed by atoms with Crippen LogP contribution in [0.15, 0.2) is 30.5 Å². The molecular formula is C15H19NO3. The maximum atomic E-state index is 11.2. The van der Waals surface area contributed by atoms with Crippen molar-refractivity contribution in [3.8, 4) is 0 Å². The van der Waals surface area contributed by atoms with Gasteiger partial charge in [-0.15, -0.1) is 0 Å². The fraction of sp³-hybridized carbons (Fsp3) is 0.400. The van der Waals surface area contributed by atoms with Crippen LogP contribution in [-0.4, -0.2) is 29.3 Å². The number of benzene rings is 1. The molecule has 0 fully saturated rings. The summed E-state index contributed by atoms with van der Waals surface area (Å²) in [6.45, 7) is 1.86. The van der Waals surface area contributed by atoms with Crippen LogP contribution in [0.5, 0.6) is 0 Å². The van der Waals surface area contributed by atoms with Crippen LogP contribution in [0.4, 0.5) is 0 Å². The maximum absolute atomic E-state index is 11.2. The number of aliphatic hydroxyl groups is 1. The minimum atomic E-state index is -1.05. The number of rotatable bonds is 5. The van der Waals surface area contributed by atoms with Crippen LogP contribution < -0.4 is 0 Å². The summed E-state index contributed by atoms with van der Waals surface area (Å²) in [6.07, 6.45) is 2.49. The summed E-state index contributed by atoms with van der Waals surface area (Å²) in [6, 6.07) is 8.10. The predicted octanol–water partition coefficient (Wildman–Crippen LogP) is 2.27.